The summed E-state index contributed by atoms with van der Waals surface area (Å²) < 4.78 is 10.2. The zero-order chi connectivity index (χ0) is 16.5. The van der Waals surface area contributed by atoms with Crippen molar-refractivity contribution in [3.63, 3.8) is 0 Å². The van der Waals surface area contributed by atoms with E-state index >= 15 is 0 Å². The highest BCUT2D eigenvalue weighted by Crippen LogP contribution is 2.12. The van der Waals surface area contributed by atoms with Crippen molar-refractivity contribution in [2.24, 2.45) is 0 Å². The van der Waals surface area contributed by atoms with Crippen LogP contribution in [0.25, 0.3) is 0 Å². The van der Waals surface area contributed by atoms with Gasteiger partial charge in [-0.1, -0.05) is 12.1 Å². The molecule has 128 valence electrons. The molecule has 1 aliphatic heterocycles. The van der Waals surface area contributed by atoms with Crippen LogP contribution in [-0.2, 0) is 16.1 Å². The Morgan fingerprint density at radius 1 is 1.17 bits per heavy atom. The molecule has 0 aliphatic carbocycles. The fourth-order valence-corrected chi connectivity index (χ4v) is 2.72. The Hall–Kier alpha value is -1.63. The second-order valence-corrected chi connectivity index (χ2v) is 5.84. The van der Waals surface area contributed by atoms with Crippen LogP contribution < -0.4 is 10.6 Å². The highest BCUT2D eigenvalue weighted by Gasteiger charge is 2.20. The number of benzene rings is 1. The molecule has 0 saturated carbocycles. The molecule has 2 N–H and O–H groups in total. The summed E-state index contributed by atoms with van der Waals surface area (Å²) >= 11 is 0. The van der Waals surface area contributed by atoms with E-state index in [0.29, 0.717) is 6.61 Å². The van der Waals surface area contributed by atoms with Gasteiger partial charge < -0.3 is 25.0 Å². The Morgan fingerprint density at radius 2 is 1.87 bits per heavy atom. The van der Waals surface area contributed by atoms with Gasteiger partial charge in [0, 0.05) is 45.6 Å². The molecule has 1 aliphatic rings. The van der Waals surface area contributed by atoms with Crippen LogP contribution in [0, 0.1) is 0 Å². The van der Waals surface area contributed by atoms with Gasteiger partial charge in [-0.05, 0) is 30.5 Å². The van der Waals surface area contributed by atoms with Gasteiger partial charge in [0.1, 0.15) is 0 Å². The molecule has 1 heterocycles. The van der Waals surface area contributed by atoms with Crippen molar-refractivity contribution >= 4 is 11.7 Å². The number of nitrogens with zero attached hydrogens (tertiary/aromatic N) is 1. The van der Waals surface area contributed by atoms with Crippen molar-refractivity contribution in [2.45, 2.75) is 25.5 Å². The number of methoxy groups -OCH3 is 2. The van der Waals surface area contributed by atoms with E-state index in [2.05, 4.69) is 15.5 Å². The third-order valence-corrected chi connectivity index (χ3v) is 4.06. The normalized spacial score (nSPS) is 16.3. The van der Waals surface area contributed by atoms with E-state index in [1.54, 1.807) is 14.2 Å². The van der Waals surface area contributed by atoms with Gasteiger partial charge in [-0.2, -0.15) is 0 Å². The first-order chi connectivity index (χ1) is 11.2. The number of likely N-dealkylation sites (tertiary alicyclic amines) is 1. The lowest BCUT2D eigenvalue weighted by atomic mass is 10.1. The molecule has 0 bridgehead atoms. The Morgan fingerprint density at radius 3 is 2.48 bits per heavy atom. The molecule has 1 aromatic rings. The first kappa shape index (κ1) is 17.7. The number of hydrogen-bond donors (Lipinski definition) is 2. The molecule has 1 aromatic carbocycles. The Labute approximate surface area is 138 Å². The first-order valence-corrected chi connectivity index (χ1v) is 8.08. The minimum absolute atomic E-state index is 0.139. The SMILES string of the molecule is COCCN1CCC(NC(=O)Nc2ccc(COC)cc2)CC1. The number of carbonyl (C=O) groups is 1. The van der Waals surface area contributed by atoms with E-state index in [-0.39, 0.29) is 12.1 Å². The van der Waals surface area contributed by atoms with Gasteiger partial charge >= 0.3 is 6.03 Å². The number of urea groups is 1. The number of nitrogens with one attached hydrogen (secondary N) is 2. The van der Waals surface area contributed by atoms with Crippen LogP contribution in [0.2, 0.25) is 0 Å². The maximum absolute atomic E-state index is 12.1. The molecule has 0 radical (unpaired) electrons. The van der Waals surface area contributed by atoms with Crippen molar-refractivity contribution in [3.05, 3.63) is 29.8 Å². The molecular weight excluding hydrogens is 294 g/mol. The van der Waals surface area contributed by atoms with Crippen LogP contribution in [0.4, 0.5) is 10.5 Å². The van der Waals surface area contributed by atoms with E-state index in [1.165, 1.54) is 0 Å². The number of amides is 2. The van der Waals surface area contributed by atoms with Crippen LogP contribution in [0.3, 0.4) is 0 Å². The molecule has 23 heavy (non-hydrogen) atoms. The molecule has 1 fully saturated rings. The minimum Gasteiger partial charge on any atom is -0.383 e. The highest BCUT2D eigenvalue weighted by atomic mass is 16.5. The number of rotatable bonds is 7. The summed E-state index contributed by atoms with van der Waals surface area (Å²) in [5, 5.41) is 5.93. The van der Waals surface area contributed by atoms with E-state index in [9.17, 15) is 4.79 Å². The molecular formula is C17H27N3O3. The number of hydrogen-bond acceptors (Lipinski definition) is 4. The molecule has 1 saturated heterocycles. The third-order valence-electron chi connectivity index (χ3n) is 4.06. The standard InChI is InChI=1S/C17H27N3O3/c1-22-12-11-20-9-7-16(8-10-20)19-17(21)18-15-5-3-14(4-6-15)13-23-2/h3-6,16H,7-13H2,1-2H3,(H2,18,19,21). The Balaban J connectivity index is 1.71. The van der Waals surface area contributed by atoms with Gasteiger partial charge in [-0.15, -0.1) is 0 Å². The predicted molar refractivity (Wildman–Crippen MR) is 90.6 cm³/mol. The van der Waals surface area contributed by atoms with Crippen LogP contribution >= 0.6 is 0 Å². The van der Waals surface area contributed by atoms with Crippen molar-refractivity contribution in [3.8, 4) is 0 Å². The summed E-state index contributed by atoms with van der Waals surface area (Å²) in [6.07, 6.45) is 1.95. The van der Waals surface area contributed by atoms with Gasteiger partial charge in [0.05, 0.1) is 13.2 Å². The molecule has 6 nitrogen and oxygen atoms in total. The smallest absolute Gasteiger partial charge is 0.319 e. The molecule has 0 spiro atoms. The van der Waals surface area contributed by atoms with Crippen molar-refractivity contribution in [1.82, 2.24) is 10.2 Å². The lowest BCUT2D eigenvalue weighted by Crippen LogP contribution is -2.46. The monoisotopic (exact) mass is 321 g/mol. The first-order valence-electron chi connectivity index (χ1n) is 8.08. The fraction of sp³-hybridized carbons (Fsp3) is 0.588. The van der Waals surface area contributed by atoms with E-state index < -0.39 is 0 Å². The molecule has 2 amide bonds. The quantitative estimate of drug-likeness (QED) is 0.807. The zero-order valence-corrected chi connectivity index (χ0v) is 14.0. The largest absolute Gasteiger partial charge is 0.383 e. The average Bonchev–Trinajstić information content (AvgIpc) is 2.56. The van der Waals surface area contributed by atoms with Gasteiger partial charge in [0.2, 0.25) is 0 Å². The number of carbonyl (C=O) groups excluding carboxylic acids is 1. The van der Waals surface area contributed by atoms with E-state index in [0.717, 1.165) is 50.3 Å². The number of piperidine rings is 1. The highest BCUT2D eigenvalue weighted by molar-refractivity contribution is 5.89. The Bertz CT molecular complexity index is 470. The second-order valence-electron chi connectivity index (χ2n) is 5.84. The zero-order valence-electron chi connectivity index (χ0n) is 14.0. The average molecular weight is 321 g/mol. The maximum atomic E-state index is 12.1. The number of anilines is 1. The summed E-state index contributed by atoms with van der Waals surface area (Å²) in [5.41, 5.74) is 1.88. The second kappa shape index (κ2) is 9.50. The topological polar surface area (TPSA) is 62.8 Å². The lowest BCUT2D eigenvalue weighted by Gasteiger charge is -2.32. The lowest BCUT2D eigenvalue weighted by molar-refractivity contribution is 0.127. The molecule has 2 rings (SSSR count). The summed E-state index contributed by atoms with van der Waals surface area (Å²) in [4.78, 5) is 14.4. The summed E-state index contributed by atoms with van der Waals surface area (Å²) in [6, 6.07) is 7.78. The maximum Gasteiger partial charge on any atom is 0.319 e. The van der Waals surface area contributed by atoms with Crippen LogP contribution in [0.15, 0.2) is 24.3 Å². The molecule has 0 unspecified atom stereocenters. The van der Waals surface area contributed by atoms with E-state index in [1.807, 2.05) is 24.3 Å². The van der Waals surface area contributed by atoms with Crippen molar-refractivity contribution in [1.29, 1.82) is 0 Å². The molecule has 0 atom stereocenters. The van der Waals surface area contributed by atoms with Crippen LogP contribution in [0.5, 0.6) is 0 Å². The van der Waals surface area contributed by atoms with Crippen LogP contribution in [-0.4, -0.2) is 57.4 Å². The summed E-state index contributed by atoms with van der Waals surface area (Å²) in [7, 11) is 3.39. The van der Waals surface area contributed by atoms with Crippen LogP contribution in [0.1, 0.15) is 18.4 Å². The van der Waals surface area contributed by atoms with Crippen molar-refractivity contribution < 1.29 is 14.3 Å². The van der Waals surface area contributed by atoms with Gasteiger partial charge in [-0.3, -0.25) is 0 Å². The van der Waals surface area contributed by atoms with Gasteiger partial charge in [-0.25, -0.2) is 4.79 Å². The Kier molecular flexibility index (Phi) is 7.32. The third kappa shape index (κ3) is 6.17. The van der Waals surface area contributed by atoms with Gasteiger partial charge in [0.15, 0.2) is 0 Å². The van der Waals surface area contributed by atoms with Crippen molar-refractivity contribution in [2.75, 3.05) is 45.8 Å². The minimum atomic E-state index is -0.139. The molecule has 0 aromatic heterocycles. The summed E-state index contributed by atoms with van der Waals surface area (Å²) in [6.45, 7) is 4.30. The van der Waals surface area contributed by atoms with Gasteiger partial charge in [0.25, 0.3) is 0 Å². The predicted octanol–water partition coefficient (Wildman–Crippen LogP) is 2.07. The molecule has 6 heteroatoms. The summed E-state index contributed by atoms with van der Waals surface area (Å²) in [5.74, 6) is 0. The van der Waals surface area contributed by atoms with E-state index in [4.69, 9.17) is 9.47 Å². The fourth-order valence-electron chi connectivity index (χ4n) is 2.72. The number of ether oxygens (including phenoxy) is 2.